The van der Waals surface area contributed by atoms with Crippen LogP contribution in [-0.2, 0) is 9.59 Å². The summed E-state index contributed by atoms with van der Waals surface area (Å²) in [4.78, 5) is 26.1. The minimum Gasteiger partial charge on any atom is -0.480 e. The van der Waals surface area contributed by atoms with E-state index in [0.717, 1.165) is 17.7 Å². The summed E-state index contributed by atoms with van der Waals surface area (Å²) in [6, 6.07) is 7.82. The number of carbonyl (C=O) groups excluding carboxylic acids is 1. The van der Waals surface area contributed by atoms with Crippen LogP contribution in [0.5, 0.6) is 0 Å². The molecule has 1 aromatic rings. The molecule has 0 aliphatic heterocycles. The summed E-state index contributed by atoms with van der Waals surface area (Å²) in [5.74, 6) is -0.794. The average molecular weight is 371 g/mol. The van der Waals surface area contributed by atoms with Gasteiger partial charge in [-0.3, -0.25) is 14.5 Å². The average Bonchev–Trinajstić information content (AvgIpc) is 2.50. The molecular formula is C17H23ClN2O3S. The number of hydrogen-bond donors (Lipinski definition) is 2. The van der Waals surface area contributed by atoms with Gasteiger partial charge in [0.2, 0.25) is 5.91 Å². The fourth-order valence-corrected chi connectivity index (χ4v) is 3.77. The highest BCUT2D eigenvalue weighted by Crippen LogP contribution is 2.28. The van der Waals surface area contributed by atoms with Gasteiger partial charge in [-0.25, -0.2) is 0 Å². The third kappa shape index (κ3) is 5.40. The monoisotopic (exact) mass is 370 g/mol. The summed E-state index contributed by atoms with van der Waals surface area (Å²) >= 11 is 7.36. The molecule has 1 aliphatic carbocycles. The zero-order chi connectivity index (χ0) is 17.7. The number of benzene rings is 1. The number of nitrogens with one attached hydrogen (secondary N) is 1. The van der Waals surface area contributed by atoms with E-state index in [-0.39, 0.29) is 29.8 Å². The lowest BCUT2D eigenvalue weighted by Crippen LogP contribution is -2.55. The molecule has 0 spiro atoms. The molecule has 0 bridgehead atoms. The molecule has 1 fully saturated rings. The molecule has 0 aromatic heterocycles. The van der Waals surface area contributed by atoms with Crippen molar-refractivity contribution < 1.29 is 14.7 Å². The van der Waals surface area contributed by atoms with Crippen LogP contribution in [0.25, 0.3) is 0 Å². The molecule has 1 aromatic carbocycles. The van der Waals surface area contributed by atoms with Gasteiger partial charge < -0.3 is 10.4 Å². The van der Waals surface area contributed by atoms with E-state index in [1.165, 1.54) is 11.8 Å². The highest BCUT2D eigenvalue weighted by atomic mass is 35.5. The van der Waals surface area contributed by atoms with Crippen molar-refractivity contribution in [2.75, 3.05) is 13.1 Å². The van der Waals surface area contributed by atoms with Crippen LogP contribution >= 0.6 is 23.4 Å². The van der Waals surface area contributed by atoms with Crippen LogP contribution < -0.4 is 5.32 Å². The normalized spacial score (nSPS) is 21.2. The largest absolute Gasteiger partial charge is 0.480 e. The highest BCUT2D eigenvalue weighted by molar-refractivity contribution is 8.00. The van der Waals surface area contributed by atoms with Crippen molar-refractivity contribution in [3.8, 4) is 0 Å². The van der Waals surface area contributed by atoms with Crippen molar-refractivity contribution in [3.63, 3.8) is 0 Å². The van der Waals surface area contributed by atoms with Crippen molar-refractivity contribution in [1.29, 1.82) is 0 Å². The molecule has 132 valence electrons. The van der Waals surface area contributed by atoms with Gasteiger partial charge >= 0.3 is 5.97 Å². The first kappa shape index (κ1) is 19.1. The van der Waals surface area contributed by atoms with Gasteiger partial charge in [0, 0.05) is 22.0 Å². The van der Waals surface area contributed by atoms with Crippen molar-refractivity contribution in [1.82, 2.24) is 10.2 Å². The van der Waals surface area contributed by atoms with E-state index in [1.807, 2.05) is 43.0 Å². The topological polar surface area (TPSA) is 69.6 Å². The summed E-state index contributed by atoms with van der Waals surface area (Å²) in [5.41, 5.74) is 0. The second-order valence-corrected chi connectivity index (χ2v) is 7.85. The van der Waals surface area contributed by atoms with E-state index >= 15 is 0 Å². The van der Waals surface area contributed by atoms with Crippen molar-refractivity contribution in [2.45, 2.75) is 48.9 Å². The Kier molecular flexibility index (Phi) is 6.95. The molecule has 1 saturated carbocycles. The Hall–Kier alpha value is -1.24. The third-order valence-corrected chi connectivity index (χ3v) is 5.58. The number of carbonyl (C=O) groups is 2. The first-order chi connectivity index (χ1) is 11.4. The zero-order valence-corrected chi connectivity index (χ0v) is 15.4. The molecule has 1 unspecified atom stereocenters. The Morgan fingerprint density at radius 2 is 2.00 bits per heavy atom. The van der Waals surface area contributed by atoms with E-state index in [2.05, 4.69) is 5.32 Å². The van der Waals surface area contributed by atoms with E-state index in [9.17, 15) is 9.59 Å². The molecule has 1 amide bonds. The molecule has 0 heterocycles. The van der Waals surface area contributed by atoms with Crippen molar-refractivity contribution in [3.05, 3.63) is 29.3 Å². The van der Waals surface area contributed by atoms with Gasteiger partial charge in [0.1, 0.15) is 0 Å². The molecule has 0 saturated heterocycles. The van der Waals surface area contributed by atoms with Crippen LogP contribution in [0.2, 0.25) is 5.02 Å². The fourth-order valence-electron chi connectivity index (χ4n) is 2.77. The first-order valence-electron chi connectivity index (χ1n) is 8.07. The lowest BCUT2D eigenvalue weighted by Gasteiger charge is -2.42. The Labute approximate surface area is 151 Å². The van der Waals surface area contributed by atoms with Gasteiger partial charge in [-0.1, -0.05) is 18.5 Å². The molecular weight excluding hydrogens is 348 g/mol. The minimum absolute atomic E-state index is 0.0136. The van der Waals surface area contributed by atoms with Gasteiger partial charge in [0.15, 0.2) is 0 Å². The lowest BCUT2D eigenvalue weighted by atomic mass is 9.85. The minimum atomic E-state index is -0.808. The summed E-state index contributed by atoms with van der Waals surface area (Å²) in [6.45, 7) is 4.61. The SMILES string of the molecule is CCN(CC(=O)O)C1CC(NC(=O)C(C)Sc2ccc(Cl)cc2)C1. The standard InChI is InChI=1S/C17H23ClN2O3S/c1-3-20(10-16(21)22)14-8-13(9-14)19-17(23)11(2)24-15-6-4-12(18)5-7-15/h4-7,11,13-14H,3,8-10H2,1-2H3,(H,19,23)(H,21,22). The number of carboxylic acid groups (broad SMARTS) is 1. The second kappa shape index (κ2) is 8.74. The number of carboxylic acids is 1. The van der Waals surface area contributed by atoms with E-state index in [0.29, 0.717) is 11.6 Å². The number of nitrogens with zero attached hydrogens (tertiary/aromatic N) is 1. The van der Waals surface area contributed by atoms with Crippen LogP contribution in [0.1, 0.15) is 26.7 Å². The molecule has 2 N–H and O–H groups in total. The van der Waals surface area contributed by atoms with Crippen LogP contribution in [0.3, 0.4) is 0 Å². The van der Waals surface area contributed by atoms with Gasteiger partial charge in [0.05, 0.1) is 11.8 Å². The van der Waals surface area contributed by atoms with E-state index in [4.69, 9.17) is 16.7 Å². The maximum Gasteiger partial charge on any atom is 0.317 e. The number of amides is 1. The lowest BCUT2D eigenvalue weighted by molar-refractivity contribution is -0.139. The van der Waals surface area contributed by atoms with Crippen LogP contribution in [0, 0.1) is 0 Å². The summed E-state index contributed by atoms with van der Waals surface area (Å²) in [7, 11) is 0. The molecule has 7 heteroatoms. The predicted octanol–water partition coefficient (Wildman–Crippen LogP) is 2.87. The number of hydrogen-bond acceptors (Lipinski definition) is 4. The Balaban J connectivity index is 1.75. The zero-order valence-electron chi connectivity index (χ0n) is 13.9. The van der Waals surface area contributed by atoms with E-state index < -0.39 is 5.97 Å². The quantitative estimate of drug-likeness (QED) is 0.688. The number of likely N-dealkylation sites (N-methyl/N-ethyl adjacent to an activating group) is 1. The highest BCUT2D eigenvalue weighted by Gasteiger charge is 2.35. The molecule has 1 aliphatic rings. The third-order valence-electron chi connectivity index (χ3n) is 4.22. The van der Waals surface area contributed by atoms with Gasteiger partial charge in [-0.15, -0.1) is 11.8 Å². The summed E-state index contributed by atoms with van der Waals surface area (Å²) in [5, 5.41) is 12.4. The Bertz CT molecular complexity index is 576. The second-order valence-electron chi connectivity index (χ2n) is 6.00. The van der Waals surface area contributed by atoms with Crippen LogP contribution in [-0.4, -0.2) is 52.3 Å². The molecule has 24 heavy (non-hydrogen) atoms. The van der Waals surface area contributed by atoms with E-state index in [1.54, 1.807) is 0 Å². The molecule has 2 rings (SSSR count). The summed E-state index contributed by atoms with van der Waals surface area (Å²) in [6.07, 6.45) is 1.62. The fraction of sp³-hybridized carbons (Fsp3) is 0.529. The van der Waals surface area contributed by atoms with Crippen molar-refractivity contribution in [2.24, 2.45) is 0 Å². The predicted molar refractivity (Wildman–Crippen MR) is 96.6 cm³/mol. The smallest absolute Gasteiger partial charge is 0.317 e. The molecule has 1 atom stereocenters. The van der Waals surface area contributed by atoms with Gasteiger partial charge in [-0.2, -0.15) is 0 Å². The number of thioether (sulfide) groups is 1. The van der Waals surface area contributed by atoms with Crippen LogP contribution in [0.15, 0.2) is 29.2 Å². The van der Waals surface area contributed by atoms with Crippen LogP contribution in [0.4, 0.5) is 0 Å². The number of aliphatic carboxylic acids is 1. The number of rotatable bonds is 8. The number of halogens is 1. The Morgan fingerprint density at radius 3 is 2.54 bits per heavy atom. The maximum absolute atomic E-state index is 12.3. The molecule has 0 radical (unpaired) electrons. The van der Waals surface area contributed by atoms with Gasteiger partial charge in [0.25, 0.3) is 0 Å². The first-order valence-corrected chi connectivity index (χ1v) is 9.33. The van der Waals surface area contributed by atoms with Crippen molar-refractivity contribution >= 4 is 35.2 Å². The maximum atomic E-state index is 12.3. The molecule has 5 nitrogen and oxygen atoms in total. The summed E-state index contributed by atoms with van der Waals surface area (Å²) < 4.78 is 0. The van der Waals surface area contributed by atoms with Gasteiger partial charge in [-0.05, 0) is 50.6 Å². The Morgan fingerprint density at radius 1 is 1.38 bits per heavy atom.